The van der Waals surface area contributed by atoms with Gasteiger partial charge in [-0.1, -0.05) is 30.6 Å². The number of aryl methyl sites for hydroxylation is 2. The van der Waals surface area contributed by atoms with E-state index in [2.05, 4.69) is 34.5 Å². The molecule has 3 aromatic rings. The molecule has 0 radical (unpaired) electrons. The number of rotatable bonds is 10. The molecule has 1 N–H and O–H groups in total. The molecule has 0 bridgehead atoms. The van der Waals surface area contributed by atoms with Crippen LogP contribution in [0.25, 0.3) is 11.4 Å². The number of benzene rings is 2. The van der Waals surface area contributed by atoms with Crippen LogP contribution in [0.15, 0.2) is 47.0 Å². The van der Waals surface area contributed by atoms with Gasteiger partial charge in [0.05, 0.1) is 14.2 Å². The van der Waals surface area contributed by atoms with E-state index in [1.165, 1.54) is 18.4 Å². The number of hydrogen-bond donors (Lipinski definition) is 1. The third-order valence-electron chi connectivity index (χ3n) is 4.73. The van der Waals surface area contributed by atoms with Crippen molar-refractivity contribution in [1.82, 2.24) is 10.1 Å². The van der Waals surface area contributed by atoms with Crippen LogP contribution < -0.4 is 14.8 Å². The summed E-state index contributed by atoms with van der Waals surface area (Å²) in [6.07, 6.45) is 4.01. The lowest BCUT2D eigenvalue weighted by molar-refractivity contribution is -0.116. The van der Waals surface area contributed by atoms with Crippen molar-refractivity contribution >= 4 is 11.6 Å². The third-order valence-corrected chi connectivity index (χ3v) is 4.73. The monoisotopic (exact) mass is 409 g/mol. The van der Waals surface area contributed by atoms with Crippen molar-refractivity contribution in [2.45, 2.75) is 39.0 Å². The van der Waals surface area contributed by atoms with Crippen molar-refractivity contribution in [3.8, 4) is 22.9 Å². The van der Waals surface area contributed by atoms with Gasteiger partial charge in [-0.3, -0.25) is 4.79 Å². The summed E-state index contributed by atoms with van der Waals surface area (Å²) in [5.41, 5.74) is 2.82. The molecule has 7 nitrogen and oxygen atoms in total. The van der Waals surface area contributed by atoms with Gasteiger partial charge in [0.1, 0.15) is 0 Å². The van der Waals surface area contributed by atoms with Crippen molar-refractivity contribution in [3.63, 3.8) is 0 Å². The van der Waals surface area contributed by atoms with E-state index in [9.17, 15) is 4.79 Å². The van der Waals surface area contributed by atoms with Gasteiger partial charge in [0.2, 0.25) is 17.6 Å². The number of carbonyl (C=O) groups is 1. The Labute approximate surface area is 176 Å². The second-order valence-corrected chi connectivity index (χ2v) is 6.93. The van der Waals surface area contributed by atoms with Crippen molar-refractivity contribution in [1.29, 1.82) is 0 Å². The normalized spacial score (nSPS) is 10.6. The number of ether oxygens (including phenoxy) is 2. The molecular formula is C23H27N3O4. The predicted octanol–water partition coefficient (Wildman–Crippen LogP) is 4.67. The zero-order chi connectivity index (χ0) is 21.3. The number of amides is 1. The van der Waals surface area contributed by atoms with Gasteiger partial charge in [-0.15, -0.1) is 0 Å². The molecule has 30 heavy (non-hydrogen) atoms. The summed E-state index contributed by atoms with van der Waals surface area (Å²) in [4.78, 5) is 16.6. The van der Waals surface area contributed by atoms with E-state index in [1.807, 2.05) is 18.2 Å². The first kappa shape index (κ1) is 21.4. The van der Waals surface area contributed by atoms with Gasteiger partial charge in [-0.2, -0.15) is 4.98 Å². The van der Waals surface area contributed by atoms with Crippen molar-refractivity contribution in [2.75, 3.05) is 19.5 Å². The Morgan fingerprint density at radius 3 is 2.50 bits per heavy atom. The van der Waals surface area contributed by atoms with E-state index >= 15 is 0 Å². The topological polar surface area (TPSA) is 86.5 Å². The SMILES string of the molecule is CCCCc1ccc(NC(=O)CCc2nc(-c3ccc(OC)c(OC)c3)no2)cc1. The highest BCUT2D eigenvalue weighted by molar-refractivity contribution is 5.90. The van der Waals surface area contributed by atoms with Crippen LogP contribution >= 0.6 is 0 Å². The van der Waals surface area contributed by atoms with Crippen LogP contribution in [0.5, 0.6) is 11.5 Å². The molecule has 0 atom stereocenters. The molecule has 3 rings (SSSR count). The highest BCUT2D eigenvalue weighted by Crippen LogP contribution is 2.31. The van der Waals surface area contributed by atoms with Gasteiger partial charge >= 0.3 is 0 Å². The molecule has 158 valence electrons. The molecule has 0 saturated heterocycles. The highest BCUT2D eigenvalue weighted by Gasteiger charge is 2.13. The Bertz CT molecular complexity index is 967. The zero-order valence-corrected chi connectivity index (χ0v) is 17.6. The molecule has 7 heteroatoms. The van der Waals surface area contributed by atoms with E-state index in [4.69, 9.17) is 14.0 Å². The first-order valence-electron chi connectivity index (χ1n) is 10.1. The van der Waals surface area contributed by atoms with Crippen LogP contribution in [-0.2, 0) is 17.6 Å². The van der Waals surface area contributed by atoms with Crippen LogP contribution in [0.2, 0.25) is 0 Å². The third kappa shape index (κ3) is 5.59. The number of nitrogens with zero attached hydrogens (tertiary/aromatic N) is 2. The molecule has 0 aliphatic rings. The van der Waals surface area contributed by atoms with Gasteiger partial charge in [0.15, 0.2) is 11.5 Å². The number of nitrogens with one attached hydrogen (secondary N) is 1. The summed E-state index contributed by atoms with van der Waals surface area (Å²) >= 11 is 0. The maximum Gasteiger partial charge on any atom is 0.227 e. The minimum absolute atomic E-state index is 0.0952. The van der Waals surface area contributed by atoms with Gasteiger partial charge in [0, 0.05) is 24.1 Å². The number of hydrogen-bond acceptors (Lipinski definition) is 6. The van der Waals surface area contributed by atoms with Crippen molar-refractivity contribution < 1.29 is 18.8 Å². The Morgan fingerprint density at radius 1 is 1.03 bits per heavy atom. The summed E-state index contributed by atoms with van der Waals surface area (Å²) in [5.74, 6) is 1.96. The smallest absolute Gasteiger partial charge is 0.227 e. The van der Waals surface area contributed by atoms with E-state index in [1.54, 1.807) is 26.4 Å². The maximum absolute atomic E-state index is 12.2. The van der Waals surface area contributed by atoms with Crippen molar-refractivity contribution in [2.24, 2.45) is 0 Å². The van der Waals surface area contributed by atoms with Crippen LogP contribution in [0.1, 0.15) is 37.6 Å². The van der Waals surface area contributed by atoms with Gasteiger partial charge in [-0.05, 0) is 48.7 Å². The second kappa shape index (κ2) is 10.4. The molecule has 0 fully saturated rings. The summed E-state index contributed by atoms with van der Waals surface area (Å²) < 4.78 is 15.8. The van der Waals surface area contributed by atoms with E-state index < -0.39 is 0 Å². The molecule has 0 saturated carbocycles. The highest BCUT2D eigenvalue weighted by atomic mass is 16.5. The fraction of sp³-hybridized carbons (Fsp3) is 0.348. The summed E-state index contributed by atoms with van der Waals surface area (Å²) in [6.45, 7) is 2.18. The molecule has 0 spiro atoms. The van der Waals surface area contributed by atoms with Gasteiger partial charge in [0.25, 0.3) is 0 Å². The Hall–Kier alpha value is -3.35. The van der Waals surface area contributed by atoms with Crippen LogP contribution in [0.4, 0.5) is 5.69 Å². The second-order valence-electron chi connectivity index (χ2n) is 6.93. The molecule has 1 aromatic heterocycles. The van der Waals surface area contributed by atoms with E-state index in [0.29, 0.717) is 29.6 Å². The minimum atomic E-state index is -0.0952. The van der Waals surface area contributed by atoms with Gasteiger partial charge < -0.3 is 19.3 Å². The average molecular weight is 409 g/mol. The quantitative estimate of drug-likeness (QED) is 0.524. The first-order valence-corrected chi connectivity index (χ1v) is 10.1. The molecule has 1 heterocycles. The van der Waals surface area contributed by atoms with Crippen LogP contribution in [0.3, 0.4) is 0 Å². The molecule has 0 aliphatic heterocycles. The summed E-state index contributed by atoms with van der Waals surface area (Å²) in [6, 6.07) is 13.4. The Kier molecular flexibility index (Phi) is 7.43. The Balaban J connectivity index is 1.54. The molecule has 1 amide bonds. The lowest BCUT2D eigenvalue weighted by Crippen LogP contribution is -2.12. The number of anilines is 1. The first-order chi connectivity index (χ1) is 14.6. The van der Waals surface area contributed by atoms with E-state index in [0.717, 1.165) is 17.7 Å². The van der Waals surface area contributed by atoms with Gasteiger partial charge in [-0.25, -0.2) is 0 Å². The maximum atomic E-state index is 12.2. The minimum Gasteiger partial charge on any atom is -0.493 e. The molecular weight excluding hydrogens is 382 g/mol. The van der Waals surface area contributed by atoms with Crippen molar-refractivity contribution in [3.05, 3.63) is 53.9 Å². The Morgan fingerprint density at radius 2 is 1.80 bits per heavy atom. The lowest BCUT2D eigenvalue weighted by Gasteiger charge is -2.07. The number of carbonyl (C=O) groups excluding carboxylic acids is 1. The molecule has 0 aliphatic carbocycles. The predicted molar refractivity (Wildman–Crippen MR) is 115 cm³/mol. The van der Waals surface area contributed by atoms with Crippen LogP contribution in [-0.4, -0.2) is 30.3 Å². The average Bonchev–Trinajstić information content (AvgIpc) is 3.26. The fourth-order valence-electron chi connectivity index (χ4n) is 3.03. The van der Waals surface area contributed by atoms with E-state index in [-0.39, 0.29) is 12.3 Å². The van der Waals surface area contributed by atoms with Crippen LogP contribution in [0, 0.1) is 0 Å². The summed E-state index contributed by atoms with van der Waals surface area (Å²) in [7, 11) is 3.15. The summed E-state index contributed by atoms with van der Waals surface area (Å²) in [5, 5.41) is 6.90. The molecule has 0 unspecified atom stereocenters. The standard InChI is InChI=1S/C23H27N3O4/c1-4-5-6-16-7-10-18(11-8-16)24-21(27)13-14-22-25-23(26-30-22)17-9-12-19(28-2)20(15-17)29-3/h7-12,15H,4-6,13-14H2,1-3H3,(H,24,27). The lowest BCUT2D eigenvalue weighted by atomic mass is 10.1. The zero-order valence-electron chi connectivity index (χ0n) is 17.6. The fourth-order valence-corrected chi connectivity index (χ4v) is 3.03. The largest absolute Gasteiger partial charge is 0.493 e. The number of aromatic nitrogens is 2. The number of unbranched alkanes of at least 4 members (excludes halogenated alkanes) is 1. The number of methoxy groups -OCH3 is 2. The molecule has 2 aromatic carbocycles.